The second kappa shape index (κ2) is 7.43. The molecular weight excluding hydrogens is 250 g/mol. The van der Waals surface area contributed by atoms with Crippen molar-refractivity contribution in [1.82, 2.24) is 0 Å². The van der Waals surface area contributed by atoms with Crippen LogP contribution in [0.5, 0.6) is 11.5 Å². The molecule has 0 bridgehead atoms. The van der Waals surface area contributed by atoms with Gasteiger partial charge in [-0.25, -0.2) is 0 Å². The molecule has 3 nitrogen and oxygen atoms in total. The molecule has 0 fully saturated rings. The SMILES string of the molecule is CCOc1ccc(NCc2cccc(OCC)c2)cc1. The average Bonchev–Trinajstić information content (AvgIpc) is 2.48. The van der Waals surface area contributed by atoms with Crippen molar-refractivity contribution in [2.75, 3.05) is 18.5 Å². The fourth-order valence-corrected chi connectivity index (χ4v) is 1.95. The molecule has 2 aromatic rings. The Morgan fingerprint density at radius 1 is 0.850 bits per heavy atom. The van der Waals surface area contributed by atoms with Crippen molar-refractivity contribution < 1.29 is 9.47 Å². The van der Waals surface area contributed by atoms with Crippen LogP contribution in [-0.2, 0) is 6.54 Å². The van der Waals surface area contributed by atoms with Crippen LogP contribution in [-0.4, -0.2) is 13.2 Å². The van der Waals surface area contributed by atoms with Gasteiger partial charge in [0.2, 0.25) is 0 Å². The highest BCUT2D eigenvalue weighted by molar-refractivity contribution is 5.47. The van der Waals surface area contributed by atoms with Crippen molar-refractivity contribution in [2.24, 2.45) is 0 Å². The Morgan fingerprint density at radius 2 is 1.55 bits per heavy atom. The van der Waals surface area contributed by atoms with Crippen molar-refractivity contribution in [3.63, 3.8) is 0 Å². The zero-order valence-electron chi connectivity index (χ0n) is 12.1. The fourth-order valence-electron chi connectivity index (χ4n) is 1.95. The van der Waals surface area contributed by atoms with Crippen LogP contribution in [0.4, 0.5) is 5.69 Å². The fraction of sp³-hybridized carbons (Fsp3) is 0.294. The number of ether oxygens (including phenoxy) is 2. The molecule has 0 atom stereocenters. The van der Waals surface area contributed by atoms with E-state index < -0.39 is 0 Å². The predicted molar refractivity (Wildman–Crippen MR) is 82.5 cm³/mol. The summed E-state index contributed by atoms with van der Waals surface area (Å²) in [6.45, 7) is 6.13. The Balaban J connectivity index is 1.92. The number of hydrogen-bond donors (Lipinski definition) is 1. The molecule has 0 aliphatic heterocycles. The summed E-state index contributed by atoms with van der Waals surface area (Å²) >= 11 is 0. The van der Waals surface area contributed by atoms with E-state index in [-0.39, 0.29) is 0 Å². The monoisotopic (exact) mass is 271 g/mol. The molecule has 20 heavy (non-hydrogen) atoms. The van der Waals surface area contributed by atoms with Gasteiger partial charge in [0.05, 0.1) is 13.2 Å². The largest absolute Gasteiger partial charge is 0.494 e. The third kappa shape index (κ3) is 4.19. The topological polar surface area (TPSA) is 30.5 Å². The zero-order chi connectivity index (χ0) is 14.2. The van der Waals surface area contributed by atoms with Crippen LogP contribution in [0.1, 0.15) is 19.4 Å². The van der Waals surface area contributed by atoms with Crippen molar-refractivity contribution >= 4 is 5.69 Å². The molecule has 0 aliphatic carbocycles. The number of benzene rings is 2. The van der Waals surface area contributed by atoms with Gasteiger partial charge in [-0.1, -0.05) is 12.1 Å². The summed E-state index contributed by atoms with van der Waals surface area (Å²) < 4.78 is 10.9. The minimum Gasteiger partial charge on any atom is -0.494 e. The van der Waals surface area contributed by atoms with E-state index in [1.54, 1.807) is 0 Å². The molecule has 0 saturated carbocycles. The second-order valence-corrected chi connectivity index (χ2v) is 4.39. The normalized spacial score (nSPS) is 10.1. The average molecular weight is 271 g/mol. The van der Waals surface area contributed by atoms with Gasteiger partial charge in [0.15, 0.2) is 0 Å². The molecule has 2 aromatic carbocycles. The highest BCUT2D eigenvalue weighted by atomic mass is 16.5. The number of hydrogen-bond acceptors (Lipinski definition) is 3. The smallest absolute Gasteiger partial charge is 0.119 e. The lowest BCUT2D eigenvalue weighted by atomic mass is 10.2. The van der Waals surface area contributed by atoms with Gasteiger partial charge < -0.3 is 14.8 Å². The van der Waals surface area contributed by atoms with Crippen LogP contribution >= 0.6 is 0 Å². The van der Waals surface area contributed by atoms with Gasteiger partial charge in [0.1, 0.15) is 11.5 Å². The quantitative estimate of drug-likeness (QED) is 0.822. The lowest BCUT2D eigenvalue weighted by Gasteiger charge is -2.09. The van der Waals surface area contributed by atoms with Gasteiger partial charge in [0, 0.05) is 12.2 Å². The molecule has 0 spiro atoms. The van der Waals surface area contributed by atoms with E-state index in [0.29, 0.717) is 13.2 Å². The molecule has 2 rings (SSSR count). The Morgan fingerprint density at radius 3 is 2.25 bits per heavy atom. The molecule has 1 N–H and O–H groups in total. The van der Waals surface area contributed by atoms with E-state index >= 15 is 0 Å². The minimum atomic E-state index is 0.690. The summed E-state index contributed by atoms with van der Waals surface area (Å²) in [7, 11) is 0. The molecule has 3 heteroatoms. The highest BCUT2D eigenvalue weighted by Crippen LogP contribution is 2.18. The molecular formula is C17H21NO2. The Bertz CT molecular complexity index is 523. The number of rotatable bonds is 7. The Hall–Kier alpha value is -2.16. The first-order valence-corrected chi connectivity index (χ1v) is 7.00. The predicted octanol–water partition coefficient (Wildman–Crippen LogP) is 4.10. The molecule has 0 radical (unpaired) electrons. The molecule has 106 valence electrons. The van der Waals surface area contributed by atoms with Crippen LogP contribution in [0.25, 0.3) is 0 Å². The van der Waals surface area contributed by atoms with E-state index in [4.69, 9.17) is 9.47 Å². The standard InChI is InChI=1S/C17H21NO2/c1-3-19-16-10-8-15(9-11-16)18-13-14-6-5-7-17(12-14)20-4-2/h5-12,18H,3-4,13H2,1-2H3. The first-order valence-electron chi connectivity index (χ1n) is 7.00. The van der Waals surface area contributed by atoms with E-state index in [2.05, 4.69) is 17.4 Å². The molecule has 0 aliphatic rings. The van der Waals surface area contributed by atoms with Gasteiger partial charge in [0.25, 0.3) is 0 Å². The van der Waals surface area contributed by atoms with Gasteiger partial charge in [-0.05, 0) is 55.8 Å². The van der Waals surface area contributed by atoms with Crippen molar-refractivity contribution in [2.45, 2.75) is 20.4 Å². The number of nitrogens with one attached hydrogen (secondary N) is 1. The Labute approximate surface area is 120 Å². The summed E-state index contributed by atoms with van der Waals surface area (Å²) in [5.74, 6) is 1.81. The second-order valence-electron chi connectivity index (χ2n) is 4.39. The molecule has 0 heterocycles. The first kappa shape index (κ1) is 14.3. The summed E-state index contributed by atoms with van der Waals surface area (Å²) in [6, 6.07) is 16.1. The van der Waals surface area contributed by atoms with Crippen LogP contribution in [0, 0.1) is 0 Å². The third-order valence-electron chi connectivity index (χ3n) is 2.87. The van der Waals surface area contributed by atoms with Gasteiger partial charge in [-0.3, -0.25) is 0 Å². The van der Waals surface area contributed by atoms with Crippen molar-refractivity contribution in [1.29, 1.82) is 0 Å². The number of anilines is 1. The first-order chi connectivity index (χ1) is 9.81. The summed E-state index contributed by atoms with van der Waals surface area (Å²) in [6.07, 6.45) is 0. The lowest BCUT2D eigenvalue weighted by Crippen LogP contribution is -2.00. The maximum atomic E-state index is 5.50. The van der Waals surface area contributed by atoms with Crippen molar-refractivity contribution in [3.05, 3.63) is 54.1 Å². The molecule has 0 amide bonds. The maximum Gasteiger partial charge on any atom is 0.119 e. The van der Waals surface area contributed by atoms with Crippen LogP contribution < -0.4 is 14.8 Å². The molecule has 0 saturated heterocycles. The van der Waals surface area contributed by atoms with Gasteiger partial charge in [-0.15, -0.1) is 0 Å². The van der Waals surface area contributed by atoms with Crippen LogP contribution in [0.3, 0.4) is 0 Å². The molecule has 0 aromatic heterocycles. The van der Waals surface area contributed by atoms with Crippen molar-refractivity contribution in [3.8, 4) is 11.5 Å². The van der Waals surface area contributed by atoms with Crippen LogP contribution in [0.15, 0.2) is 48.5 Å². The summed E-state index contributed by atoms with van der Waals surface area (Å²) in [4.78, 5) is 0. The van der Waals surface area contributed by atoms with E-state index in [9.17, 15) is 0 Å². The lowest BCUT2D eigenvalue weighted by molar-refractivity contribution is 0.340. The Kier molecular flexibility index (Phi) is 5.30. The highest BCUT2D eigenvalue weighted by Gasteiger charge is 1.98. The van der Waals surface area contributed by atoms with E-state index in [0.717, 1.165) is 23.7 Å². The zero-order valence-corrected chi connectivity index (χ0v) is 12.1. The summed E-state index contributed by atoms with van der Waals surface area (Å²) in [5.41, 5.74) is 2.28. The maximum absolute atomic E-state index is 5.50. The van der Waals surface area contributed by atoms with Crippen LogP contribution in [0.2, 0.25) is 0 Å². The van der Waals surface area contributed by atoms with Gasteiger partial charge >= 0.3 is 0 Å². The minimum absolute atomic E-state index is 0.690. The van der Waals surface area contributed by atoms with Gasteiger partial charge in [-0.2, -0.15) is 0 Å². The van der Waals surface area contributed by atoms with E-state index in [1.165, 1.54) is 5.56 Å². The van der Waals surface area contributed by atoms with E-state index in [1.807, 2.05) is 50.2 Å². The third-order valence-corrected chi connectivity index (χ3v) is 2.87. The summed E-state index contributed by atoms with van der Waals surface area (Å²) in [5, 5.41) is 3.39. The molecule has 0 unspecified atom stereocenters.